The molecule has 0 amide bonds. The molecule has 0 radical (unpaired) electrons. The summed E-state index contributed by atoms with van der Waals surface area (Å²) in [5.41, 5.74) is 0. The van der Waals surface area contributed by atoms with Crippen molar-refractivity contribution in [2.24, 2.45) is 0 Å². The van der Waals surface area contributed by atoms with Gasteiger partial charge in [0.2, 0.25) is 0 Å². The van der Waals surface area contributed by atoms with Crippen molar-refractivity contribution in [3.05, 3.63) is 0 Å². The van der Waals surface area contributed by atoms with E-state index in [2.05, 4.69) is 19.6 Å². The molecule has 1 aliphatic rings. The van der Waals surface area contributed by atoms with Crippen LogP contribution >= 0.6 is 0 Å². The first-order valence-corrected chi connectivity index (χ1v) is 3.27. The second-order valence-corrected chi connectivity index (χ2v) is 2.18. The van der Waals surface area contributed by atoms with E-state index in [0.29, 0.717) is 19.4 Å². The predicted molar refractivity (Wildman–Crippen MR) is 31.3 cm³/mol. The highest BCUT2D eigenvalue weighted by Gasteiger charge is 2.28. The number of hydrogen-bond acceptors (Lipinski definition) is 6. The highest BCUT2D eigenvalue weighted by Crippen LogP contribution is 2.14. The fourth-order valence-electron chi connectivity index (χ4n) is 0.845. The minimum absolute atomic E-state index is 0.389. The smallest absolute Gasteiger partial charge is 0.251 e. The molecule has 1 heterocycles. The molecule has 1 rings (SSSR count). The summed E-state index contributed by atoms with van der Waals surface area (Å²) in [5.74, 6) is 0. The summed E-state index contributed by atoms with van der Waals surface area (Å²) in [4.78, 5) is 16.9. The van der Waals surface area contributed by atoms with Crippen molar-refractivity contribution in [2.75, 3.05) is 6.61 Å². The molecule has 2 N–H and O–H groups in total. The molecule has 2 atom stereocenters. The molecule has 0 aromatic heterocycles. The van der Waals surface area contributed by atoms with Crippen molar-refractivity contribution in [3.63, 3.8) is 0 Å². The van der Waals surface area contributed by atoms with E-state index in [1.807, 2.05) is 0 Å². The van der Waals surface area contributed by atoms with E-state index in [9.17, 15) is 0 Å². The van der Waals surface area contributed by atoms with Crippen molar-refractivity contribution >= 4 is 0 Å². The molecule has 0 aromatic rings. The molecule has 0 aliphatic carbocycles. The van der Waals surface area contributed by atoms with Crippen LogP contribution in [0.1, 0.15) is 12.8 Å². The number of rotatable bonds is 2. The third-order valence-electron chi connectivity index (χ3n) is 1.42. The van der Waals surface area contributed by atoms with Gasteiger partial charge >= 0.3 is 0 Å². The number of hydrogen-bond donors (Lipinski definition) is 2. The summed E-state index contributed by atoms with van der Waals surface area (Å²) in [6.07, 6.45) is -0.614. The van der Waals surface area contributed by atoms with E-state index < -0.39 is 12.4 Å². The molecule has 1 aliphatic heterocycles. The van der Waals surface area contributed by atoms with Gasteiger partial charge in [-0.25, -0.2) is 19.9 Å². The van der Waals surface area contributed by atoms with Crippen LogP contribution in [0.15, 0.2) is 0 Å². The minimum Gasteiger partial charge on any atom is -0.251 e. The quantitative estimate of drug-likeness (QED) is 0.456. The van der Waals surface area contributed by atoms with E-state index >= 15 is 0 Å². The van der Waals surface area contributed by atoms with Crippen molar-refractivity contribution in [2.45, 2.75) is 25.2 Å². The Kier molecular flexibility index (Phi) is 3.70. The zero-order valence-corrected chi connectivity index (χ0v) is 5.80. The van der Waals surface area contributed by atoms with Crippen LogP contribution in [0.2, 0.25) is 0 Å². The predicted octanol–water partition coefficient (Wildman–Crippen LogP) is 0.402. The van der Waals surface area contributed by atoms with Gasteiger partial charge in [-0.15, -0.1) is 0 Å². The molecule has 0 bridgehead atoms. The lowest BCUT2D eigenvalue weighted by Gasteiger charge is -2.16. The van der Waals surface area contributed by atoms with Gasteiger partial charge in [0.05, 0.1) is 6.61 Å². The molecule has 1 fully saturated rings. The van der Waals surface area contributed by atoms with Gasteiger partial charge in [0.25, 0.3) is 6.29 Å². The average molecular weight is 166 g/mol. The molecule has 66 valence electrons. The lowest BCUT2D eigenvalue weighted by atomic mass is 10.2. The first-order chi connectivity index (χ1) is 5.38. The lowest BCUT2D eigenvalue weighted by Crippen LogP contribution is -2.30. The van der Waals surface area contributed by atoms with Crippen LogP contribution in [0, 0.1) is 0 Å². The fraction of sp³-hybridized carbons (Fsp3) is 1.00. The summed E-state index contributed by atoms with van der Waals surface area (Å²) in [5, 5.41) is 16.5. The van der Waals surface area contributed by atoms with E-state index in [1.165, 1.54) is 0 Å². The zero-order valence-electron chi connectivity index (χ0n) is 5.80. The van der Waals surface area contributed by atoms with E-state index in [1.54, 1.807) is 0 Å². The van der Waals surface area contributed by atoms with Gasteiger partial charge in [0.1, 0.15) is 6.10 Å². The highest BCUT2D eigenvalue weighted by molar-refractivity contribution is 4.60. The van der Waals surface area contributed by atoms with Crippen molar-refractivity contribution in [1.82, 2.24) is 0 Å². The van der Waals surface area contributed by atoms with E-state index in [0.717, 1.165) is 0 Å². The Morgan fingerprint density at radius 1 is 1.27 bits per heavy atom. The Labute approximate surface area is 63.0 Å². The first-order valence-electron chi connectivity index (χ1n) is 3.27. The van der Waals surface area contributed by atoms with Crippen LogP contribution < -0.4 is 0 Å². The van der Waals surface area contributed by atoms with Crippen LogP contribution in [0.3, 0.4) is 0 Å². The van der Waals surface area contributed by atoms with E-state index in [-0.39, 0.29) is 0 Å². The highest BCUT2D eigenvalue weighted by atomic mass is 17.3. The van der Waals surface area contributed by atoms with Crippen LogP contribution in [-0.4, -0.2) is 29.5 Å². The standard InChI is InChI=1S/C5H10O6/c6-9-4-2-1-3-8-11-5(4)10-7/h4-7H,1-3H2. The van der Waals surface area contributed by atoms with Gasteiger partial charge in [0, 0.05) is 0 Å². The Balaban J connectivity index is 2.41. The largest absolute Gasteiger partial charge is 0.252 e. The van der Waals surface area contributed by atoms with Crippen molar-refractivity contribution in [3.8, 4) is 0 Å². The lowest BCUT2D eigenvalue weighted by molar-refractivity contribution is -0.475. The fourth-order valence-corrected chi connectivity index (χ4v) is 0.845. The van der Waals surface area contributed by atoms with Gasteiger partial charge in [-0.05, 0) is 12.8 Å². The molecular formula is C5H10O6. The molecule has 0 spiro atoms. The van der Waals surface area contributed by atoms with E-state index in [4.69, 9.17) is 10.5 Å². The maximum absolute atomic E-state index is 8.29. The summed E-state index contributed by atoms with van der Waals surface area (Å²) < 4.78 is 0. The molecular weight excluding hydrogens is 156 g/mol. The van der Waals surface area contributed by atoms with Crippen LogP contribution in [-0.2, 0) is 19.6 Å². The molecule has 11 heavy (non-hydrogen) atoms. The van der Waals surface area contributed by atoms with Gasteiger partial charge < -0.3 is 0 Å². The second kappa shape index (κ2) is 4.60. The summed E-state index contributed by atoms with van der Waals surface area (Å²) in [7, 11) is 0. The maximum atomic E-state index is 8.29. The Hall–Kier alpha value is -0.240. The first kappa shape index (κ1) is 8.85. The third kappa shape index (κ3) is 2.37. The van der Waals surface area contributed by atoms with Crippen molar-refractivity contribution < 1.29 is 30.1 Å². The average Bonchev–Trinajstić information content (AvgIpc) is 2.27. The maximum Gasteiger partial charge on any atom is 0.252 e. The topological polar surface area (TPSA) is 77.4 Å². The SMILES string of the molecule is OOC1CCCOOC1OO. The summed E-state index contributed by atoms with van der Waals surface area (Å²) in [6.45, 7) is 0.389. The minimum atomic E-state index is -1.08. The summed E-state index contributed by atoms with van der Waals surface area (Å²) in [6, 6.07) is 0. The Morgan fingerprint density at radius 3 is 2.73 bits per heavy atom. The zero-order chi connectivity index (χ0) is 8.10. The van der Waals surface area contributed by atoms with Crippen LogP contribution in [0.4, 0.5) is 0 Å². The monoisotopic (exact) mass is 166 g/mol. The van der Waals surface area contributed by atoms with Crippen molar-refractivity contribution in [1.29, 1.82) is 0 Å². The van der Waals surface area contributed by atoms with Gasteiger partial charge in [0.15, 0.2) is 0 Å². The third-order valence-corrected chi connectivity index (χ3v) is 1.42. The van der Waals surface area contributed by atoms with Crippen LogP contribution in [0.25, 0.3) is 0 Å². The molecule has 0 saturated carbocycles. The normalized spacial score (nSPS) is 33.3. The Morgan fingerprint density at radius 2 is 2.09 bits per heavy atom. The molecule has 6 nitrogen and oxygen atoms in total. The molecule has 6 heteroatoms. The summed E-state index contributed by atoms with van der Waals surface area (Å²) >= 11 is 0. The van der Waals surface area contributed by atoms with Crippen LogP contribution in [0.5, 0.6) is 0 Å². The molecule has 0 aromatic carbocycles. The Bertz CT molecular complexity index is 95.1. The van der Waals surface area contributed by atoms with Gasteiger partial charge in [-0.1, -0.05) is 0 Å². The van der Waals surface area contributed by atoms with Gasteiger partial charge in [-0.3, -0.25) is 5.26 Å². The second-order valence-electron chi connectivity index (χ2n) is 2.18. The molecule has 2 unspecified atom stereocenters. The van der Waals surface area contributed by atoms with Gasteiger partial charge in [-0.2, -0.15) is 4.89 Å². The molecule has 1 saturated heterocycles.